The largest absolute Gasteiger partial charge is 0.508 e. The molecule has 132 valence electrons. The molecule has 1 amide bonds. The Balaban J connectivity index is 1.82. The van der Waals surface area contributed by atoms with E-state index in [0.29, 0.717) is 17.2 Å². The first-order chi connectivity index (χ1) is 13.1. The van der Waals surface area contributed by atoms with Crippen LogP contribution in [0.2, 0.25) is 0 Å². The van der Waals surface area contributed by atoms with Gasteiger partial charge in [0.25, 0.3) is 5.91 Å². The summed E-state index contributed by atoms with van der Waals surface area (Å²) in [5.74, 6) is 0.535. The molecule has 3 aromatic rings. The van der Waals surface area contributed by atoms with Gasteiger partial charge in [-0.1, -0.05) is 60.2 Å². The van der Waals surface area contributed by atoms with Gasteiger partial charge in [-0.3, -0.25) is 9.69 Å². The summed E-state index contributed by atoms with van der Waals surface area (Å²) in [6, 6.07) is 24.1. The average Bonchev–Trinajstić information content (AvgIpc) is 3.00. The number of hydrogen-bond donors (Lipinski definition) is 1. The van der Waals surface area contributed by atoms with E-state index >= 15 is 0 Å². The maximum Gasteiger partial charge on any atom is 0.282 e. The van der Waals surface area contributed by atoms with E-state index in [-0.39, 0.29) is 11.7 Å². The molecule has 27 heavy (non-hydrogen) atoms. The lowest BCUT2D eigenvalue weighted by atomic mass is 10.1. The summed E-state index contributed by atoms with van der Waals surface area (Å²) in [6.45, 7) is 2.02. The van der Waals surface area contributed by atoms with Gasteiger partial charge in [-0.15, -0.1) is 0 Å². The summed E-state index contributed by atoms with van der Waals surface area (Å²) >= 11 is 0. The molecule has 0 radical (unpaired) electrons. The Labute approximate surface area is 157 Å². The van der Waals surface area contributed by atoms with Gasteiger partial charge in [0.15, 0.2) is 0 Å². The van der Waals surface area contributed by atoms with Crippen molar-refractivity contribution < 1.29 is 9.90 Å². The fraction of sp³-hybridized carbons (Fsp3) is 0.0435. The molecule has 0 saturated heterocycles. The average molecular weight is 354 g/mol. The Kier molecular flexibility index (Phi) is 4.30. The third-order valence-corrected chi connectivity index (χ3v) is 4.38. The van der Waals surface area contributed by atoms with Crippen molar-refractivity contribution >= 4 is 23.5 Å². The Morgan fingerprint density at radius 3 is 2.22 bits per heavy atom. The summed E-state index contributed by atoms with van der Waals surface area (Å²) in [5, 5.41) is 9.58. The number of rotatable bonds is 3. The van der Waals surface area contributed by atoms with E-state index in [1.807, 2.05) is 61.5 Å². The molecule has 0 saturated carbocycles. The van der Waals surface area contributed by atoms with Crippen LogP contribution in [0.5, 0.6) is 5.75 Å². The van der Waals surface area contributed by atoms with Gasteiger partial charge in [0, 0.05) is 5.56 Å². The van der Waals surface area contributed by atoms with Crippen molar-refractivity contribution in [3.05, 3.63) is 101 Å². The first-order valence-electron chi connectivity index (χ1n) is 8.68. The van der Waals surface area contributed by atoms with Crippen LogP contribution in [0, 0.1) is 6.92 Å². The highest BCUT2D eigenvalue weighted by Crippen LogP contribution is 2.29. The number of carbonyl (C=O) groups excluding carboxylic acids is 1. The molecule has 0 aromatic heterocycles. The molecule has 0 unspecified atom stereocenters. The lowest BCUT2D eigenvalue weighted by molar-refractivity contribution is -0.113. The lowest BCUT2D eigenvalue weighted by Crippen LogP contribution is -2.32. The highest BCUT2D eigenvalue weighted by molar-refractivity contribution is 6.33. The van der Waals surface area contributed by atoms with Gasteiger partial charge in [0.1, 0.15) is 17.3 Å². The highest BCUT2D eigenvalue weighted by Gasteiger charge is 2.32. The van der Waals surface area contributed by atoms with E-state index in [2.05, 4.69) is 4.99 Å². The van der Waals surface area contributed by atoms with Crippen molar-refractivity contribution in [1.82, 2.24) is 0 Å². The van der Waals surface area contributed by atoms with Crippen molar-refractivity contribution in [3.63, 3.8) is 0 Å². The van der Waals surface area contributed by atoms with Gasteiger partial charge >= 0.3 is 0 Å². The summed E-state index contributed by atoms with van der Waals surface area (Å²) < 4.78 is 0. The molecular formula is C23H18N2O2. The number of phenols is 1. The van der Waals surface area contributed by atoms with Gasteiger partial charge in [0.05, 0.1) is 5.69 Å². The van der Waals surface area contributed by atoms with Crippen molar-refractivity contribution in [1.29, 1.82) is 0 Å². The van der Waals surface area contributed by atoms with E-state index in [1.54, 1.807) is 35.2 Å². The van der Waals surface area contributed by atoms with Gasteiger partial charge in [0.2, 0.25) is 0 Å². The summed E-state index contributed by atoms with van der Waals surface area (Å²) in [6.07, 6.45) is 1.79. The Bertz CT molecular complexity index is 1030. The zero-order valence-electron chi connectivity index (χ0n) is 14.8. The summed E-state index contributed by atoms with van der Waals surface area (Å²) in [4.78, 5) is 19.3. The zero-order valence-corrected chi connectivity index (χ0v) is 14.8. The van der Waals surface area contributed by atoms with Crippen LogP contribution in [0.3, 0.4) is 0 Å². The number of hydrogen-bond acceptors (Lipinski definition) is 3. The number of amides is 1. The van der Waals surface area contributed by atoms with E-state index in [1.165, 1.54) is 0 Å². The van der Waals surface area contributed by atoms with Crippen LogP contribution in [0.25, 0.3) is 6.08 Å². The minimum Gasteiger partial charge on any atom is -0.508 e. The fourth-order valence-corrected chi connectivity index (χ4v) is 2.96. The standard InChI is InChI=1S/C23H18N2O2/c1-16-7-9-18(10-8-16)22-24-21(15-17-5-3-2-4-6-17)23(27)25(22)19-11-13-20(26)14-12-19/h2-15,26H,1H3/b21-15-. The van der Waals surface area contributed by atoms with E-state index in [9.17, 15) is 9.90 Å². The first-order valence-corrected chi connectivity index (χ1v) is 8.68. The maximum absolute atomic E-state index is 13.1. The van der Waals surface area contributed by atoms with Gasteiger partial charge < -0.3 is 5.11 Å². The van der Waals surface area contributed by atoms with Gasteiger partial charge in [-0.25, -0.2) is 4.99 Å². The van der Waals surface area contributed by atoms with Crippen molar-refractivity contribution in [2.24, 2.45) is 4.99 Å². The number of amidine groups is 1. The van der Waals surface area contributed by atoms with Crippen LogP contribution < -0.4 is 4.90 Å². The Morgan fingerprint density at radius 1 is 0.889 bits per heavy atom. The van der Waals surface area contributed by atoms with Crippen LogP contribution in [0.1, 0.15) is 16.7 Å². The molecule has 0 fully saturated rings. The molecule has 4 heteroatoms. The summed E-state index contributed by atoms with van der Waals surface area (Å²) in [7, 11) is 0. The minimum atomic E-state index is -0.194. The second kappa shape index (κ2) is 6.92. The molecule has 4 nitrogen and oxygen atoms in total. The van der Waals surface area contributed by atoms with Crippen molar-refractivity contribution in [3.8, 4) is 5.75 Å². The van der Waals surface area contributed by atoms with E-state index < -0.39 is 0 Å². The quantitative estimate of drug-likeness (QED) is 0.702. The topological polar surface area (TPSA) is 52.9 Å². The maximum atomic E-state index is 13.1. The fourth-order valence-electron chi connectivity index (χ4n) is 2.96. The van der Waals surface area contributed by atoms with Crippen LogP contribution in [0.4, 0.5) is 5.69 Å². The van der Waals surface area contributed by atoms with E-state index in [0.717, 1.165) is 16.7 Å². The van der Waals surface area contributed by atoms with Crippen LogP contribution in [-0.2, 0) is 4.79 Å². The molecule has 1 aliphatic heterocycles. The van der Waals surface area contributed by atoms with Crippen LogP contribution >= 0.6 is 0 Å². The zero-order chi connectivity index (χ0) is 18.8. The normalized spacial score (nSPS) is 15.3. The van der Waals surface area contributed by atoms with Crippen molar-refractivity contribution in [2.45, 2.75) is 6.92 Å². The smallest absolute Gasteiger partial charge is 0.282 e. The van der Waals surface area contributed by atoms with E-state index in [4.69, 9.17) is 0 Å². The van der Waals surface area contributed by atoms with Crippen LogP contribution in [0.15, 0.2) is 89.6 Å². The third-order valence-electron chi connectivity index (χ3n) is 4.38. The monoisotopic (exact) mass is 354 g/mol. The predicted molar refractivity (Wildman–Crippen MR) is 108 cm³/mol. The SMILES string of the molecule is Cc1ccc(C2=N/C(=C\c3ccccc3)C(=O)N2c2ccc(O)cc2)cc1. The number of nitrogens with zero attached hydrogens (tertiary/aromatic N) is 2. The molecule has 0 bridgehead atoms. The molecule has 3 aromatic carbocycles. The number of anilines is 1. The number of phenolic OH excluding ortho intramolecular Hbond substituents is 1. The molecule has 1 aliphatic rings. The third kappa shape index (κ3) is 3.37. The van der Waals surface area contributed by atoms with Crippen LogP contribution in [-0.4, -0.2) is 16.8 Å². The molecular weight excluding hydrogens is 336 g/mol. The number of aryl methyl sites for hydroxylation is 1. The molecule has 4 rings (SSSR count). The second-order valence-corrected chi connectivity index (χ2v) is 6.40. The number of aliphatic imine (C=N–C) groups is 1. The minimum absolute atomic E-state index is 0.152. The highest BCUT2D eigenvalue weighted by atomic mass is 16.3. The summed E-state index contributed by atoms with van der Waals surface area (Å²) in [5.41, 5.74) is 3.96. The predicted octanol–water partition coefficient (Wildman–Crippen LogP) is 4.54. The number of benzene rings is 3. The number of carbonyl (C=O) groups is 1. The van der Waals surface area contributed by atoms with Crippen molar-refractivity contribution in [2.75, 3.05) is 4.90 Å². The van der Waals surface area contributed by atoms with Gasteiger partial charge in [-0.2, -0.15) is 0 Å². The Morgan fingerprint density at radius 2 is 1.56 bits per heavy atom. The van der Waals surface area contributed by atoms with Gasteiger partial charge in [-0.05, 0) is 42.8 Å². The lowest BCUT2D eigenvalue weighted by Gasteiger charge is -2.18. The first kappa shape index (κ1) is 16.8. The molecule has 1 heterocycles. The molecule has 0 spiro atoms. The Hall–Kier alpha value is -3.66. The second-order valence-electron chi connectivity index (χ2n) is 6.40. The molecule has 0 aliphatic carbocycles. The number of aromatic hydroxyl groups is 1. The molecule has 1 N–H and O–H groups in total. The molecule has 0 atom stereocenters.